The van der Waals surface area contributed by atoms with Gasteiger partial charge in [0.2, 0.25) is 5.91 Å². The average Bonchev–Trinajstić information content (AvgIpc) is 3.48. The number of hydrogen-bond donors (Lipinski definition) is 1. The highest BCUT2D eigenvalue weighted by Crippen LogP contribution is 2.48. The normalized spacial score (nSPS) is 15.7. The van der Waals surface area contributed by atoms with Gasteiger partial charge in [0, 0.05) is 17.0 Å². The van der Waals surface area contributed by atoms with Gasteiger partial charge in [-0.1, -0.05) is 94.1 Å². The van der Waals surface area contributed by atoms with E-state index in [9.17, 15) is 4.79 Å². The molecule has 148 valence electrons. The highest BCUT2D eigenvalue weighted by Gasteiger charge is 2.51. The molecule has 1 N–H and O–H groups in total. The Morgan fingerprint density at radius 1 is 0.857 bits per heavy atom. The van der Waals surface area contributed by atoms with Crippen molar-refractivity contribution < 1.29 is 4.79 Å². The summed E-state index contributed by atoms with van der Waals surface area (Å²) < 4.78 is 0. The molecule has 0 radical (unpaired) electrons. The van der Waals surface area contributed by atoms with Gasteiger partial charge in [-0.25, -0.2) is 0 Å². The first-order chi connectivity index (χ1) is 13.8. The molecule has 2 aromatic rings. The van der Waals surface area contributed by atoms with Crippen LogP contribution in [0.2, 0.25) is 0 Å². The number of amides is 1. The van der Waals surface area contributed by atoms with Gasteiger partial charge in [0.15, 0.2) is 0 Å². The topological polar surface area (TPSA) is 29.1 Å². The first kappa shape index (κ1) is 22.0. The average molecular weight is 394 g/mol. The number of allylic oxidation sites excluding steroid dienone is 3. The van der Waals surface area contributed by atoms with E-state index >= 15 is 0 Å². The van der Waals surface area contributed by atoms with E-state index in [1.807, 2.05) is 70.2 Å². The van der Waals surface area contributed by atoms with Crippen molar-refractivity contribution in [2.24, 2.45) is 0 Å². The Morgan fingerprint density at radius 3 is 2.00 bits per heavy atom. The maximum absolute atomic E-state index is 12.8. The molecule has 1 saturated carbocycles. The van der Waals surface area contributed by atoms with Gasteiger partial charge < -0.3 is 5.32 Å². The van der Waals surface area contributed by atoms with Gasteiger partial charge in [-0.05, 0) is 41.5 Å². The van der Waals surface area contributed by atoms with E-state index < -0.39 is 0 Å². The Morgan fingerprint density at radius 2 is 1.43 bits per heavy atom. The molecule has 0 saturated heterocycles. The van der Waals surface area contributed by atoms with Gasteiger partial charge in [-0.2, -0.15) is 0 Å². The van der Waals surface area contributed by atoms with Crippen LogP contribution >= 0.6 is 11.8 Å². The molecule has 28 heavy (non-hydrogen) atoms. The van der Waals surface area contributed by atoms with Crippen LogP contribution in [0, 0.1) is 0 Å². The summed E-state index contributed by atoms with van der Waals surface area (Å²) in [7, 11) is 0. The van der Waals surface area contributed by atoms with Gasteiger partial charge in [-0.3, -0.25) is 4.79 Å². The summed E-state index contributed by atoms with van der Waals surface area (Å²) in [5.41, 5.74) is 1.82. The molecule has 1 amide bonds. The number of carbonyl (C=O) groups excluding carboxylic acids is 1. The molecule has 0 aromatic heterocycles. The van der Waals surface area contributed by atoms with Crippen molar-refractivity contribution in [3.8, 4) is 0 Å². The fourth-order valence-electron chi connectivity index (χ4n) is 3.09. The second-order valence-electron chi connectivity index (χ2n) is 6.32. The second-order valence-corrected chi connectivity index (χ2v) is 7.52. The molecule has 0 heterocycles. The lowest BCUT2D eigenvalue weighted by atomic mass is 9.95. The SMILES string of the molecule is CC.CC.O=C(NC1=CC=C(Sc2ccccc2)C1)C1(c2ccccc2)CC1. The fourth-order valence-corrected chi connectivity index (χ4v) is 4.05. The molecule has 4 rings (SSSR count). The van der Waals surface area contributed by atoms with Gasteiger partial charge in [0.25, 0.3) is 0 Å². The number of hydrogen-bond acceptors (Lipinski definition) is 2. The third-order valence-corrected chi connectivity index (χ3v) is 5.66. The van der Waals surface area contributed by atoms with E-state index in [1.54, 1.807) is 11.8 Å². The number of carbonyl (C=O) groups is 1. The van der Waals surface area contributed by atoms with Gasteiger partial charge >= 0.3 is 0 Å². The third kappa shape index (κ3) is 5.39. The largest absolute Gasteiger partial charge is 0.329 e. The molecular formula is C25H31NOS. The van der Waals surface area contributed by atoms with Gasteiger partial charge in [-0.15, -0.1) is 0 Å². The molecule has 2 aliphatic rings. The van der Waals surface area contributed by atoms with Crippen molar-refractivity contribution in [1.29, 1.82) is 0 Å². The second kappa shape index (κ2) is 10.9. The van der Waals surface area contributed by atoms with Gasteiger partial charge in [0.05, 0.1) is 5.41 Å². The summed E-state index contributed by atoms with van der Waals surface area (Å²) in [5.74, 6) is 0.138. The molecular weight excluding hydrogens is 362 g/mol. The summed E-state index contributed by atoms with van der Waals surface area (Å²) in [6.07, 6.45) is 6.82. The molecule has 0 spiro atoms. The summed E-state index contributed by atoms with van der Waals surface area (Å²) in [4.78, 5) is 15.3. The summed E-state index contributed by atoms with van der Waals surface area (Å²) in [5, 5.41) is 3.15. The monoisotopic (exact) mass is 393 g/mol. The van der Waals surface area contributed by atoms with Crippen LogP contribution in [-0.2, 0) is 10.2 Å². The minimum absolute atomic E-state index is 0.138. The fraction of sp³-hybridized carbons (Fsp3) is 0.320. The number of rotatable bonds is 5. The number of benzene rings is 2. The Bertz CT molecular complexity index is 805. The predicted molar refractivity (Wildman–Crippen MR) is 121 cm³/mol. The number of thioether (sulfide) groups is 1. The van der Waals surface area contributed by atoms with Crippen LogP contribution in [0.15, 0.2) is 88.3 Å². The predicted octanol–water partition coefficient (Wildman–Crippen LogP) is 6.85. The quantitative estimate of drug-likeness (QED) is 0.602. The molecule has 2 nitrogen and oxygen atoms in total. The first-order valence-electron chi connectivity index (χ1n) is 10.3. The highest BCUT2D eigenvalue weighted by atomic mass is 32.2. The third-order valence-electron chi connectivity index (χ3n) is 4.61. The molecule has 3 heteroatoms. The van der Waals surface area contributed by atoms with Crippen LogP contribution in [0.5, 0.6) is 0 Å². The Kier molecular flexibility index (Phi) is 8.59. The zero-order valence-corrected chi connectivity index (χ0v) is 18.2. The van der Waals surface area contributed by atoms with E-state index in [2.05, 4.69) is 35.7 Å². The van der Waals surface area contributed by atoms with Crippen LogP contribution in [0.3, 0.4) is 0 Å². The summed E-state index contributed by atoms with van der Waals surface area (Å²) in [6.45, 7) is 8.00. The molecule has 2 aliphatic carbocycles. The Balaban J connectivity index is 0.000000660. The molecule has 0 aliphatic heterocycles. The van der Waals surface area contributed by atoms with Crippen LogP contribution in [0.25, 0.3) is 0 Å². The lowest BCUT2D eigenvalue weighted by molar-refractivity contribution is -0.122. The van der Waals surface area contributed by atoms with E-state index in [0.29, 0.717) is 0 Å². The first-order valence-corrected chi connectivity index (χ1v) is 11.1. The molecule has 0 bridgehead atoms. The van der Waals surface area contributed by atoms with E-state index in [-0.39, 0.29) is 11.3 Å². The van der Waals surface area contributed by atoms with Crippen LogP contribution < -0.4 is 5.32 Å². The van der Waals surface area contributed by atoms with E-state index in [4.69, 9.17) is 0 Å². The zero-order valence-electron chi connectivity index (χ0n) is 17.4. The maximum Gasteiger partial charge on any atom is 0.234 e. The van der Waals surface area contributed by atoms with Gasteiger partial charge in [0.1, 0.15) is 0 Å². The minimum Gasteiger partial charge on any atom is -0.329 e. The van der Waals surface area contributed by atoms with Crippen molar-refractivity contribution in [2.45, 2.75) is 57.3 Å². The van der Waals surface area contributed by atoms with Crippen molar-refractivity contribution >= 4 is 17.7 Å². The van der Waals surface area contributed by atoms with Crippen LogP contribution in [-0.4, -0.2) is 5.91 Å². The Labute approximate surface area is 174 Å². The Hall–Kier alpha value is -2.26. The standard InChI is InChI=1S/C21H19NOS.2C2H6/c23-20(21(13-14-21)16-7-3-1-4-8-16)22-17-11-12-19(15-17)24-18-9-5-2-6-10-18;2*1-2/h1-12H,13-15H2,(H,22,23);2*1-2H3. The van der Waals surface area contributed by atoms with Crippen molar-refractivity contribution in [2.75, 3.05) is 0 Å². The summed E-state index contributed by atoms with van der Waals surface area (Å²) in [6, 6.07) is 20.5. The molecule has 0 atom stereocenters. The smallest absolute Gasteiger partial charge is 0.234 e. The van der Waals surface area contributed by atoms with E-state index in [0.717, 1.165) is 30.5 Å². The minimum atomic E-state index is -0.308. The van der Waals surface area contributed by atoms with Crippen molar-refractivity contribution in [3.05, 3.63) is 89.0 Å². The van der Waals surface area contributed by atoms with Crippen LogP contribution in [0.4, 0.5) is 0 Å². The molecule has 0 unspecified atom stereocenters. The number of nitrogens with one attached hydrogen (secondary N) is 1. The highest BCUT2D eigenvalue weighted by molar-refractivity contribution is 8.03. The van der Waals surface area contributed by atoms with E-state index in [1.165, 1.54) is 9.80 Å². The summed E-state index contributed by atoms with van der Waals surface area (Å²) >= 11 is 1.76. The molecule has 2 aromatic carbocycles. The lowest BCUT2D eigenvalue weighted by Gasteiger charge is -2.16. The van der Waals surface area contributed by atoms with Crippen molar-refractivity contribution in [3.63, 3.8) is 0 Å². The van der Waals surface area contributed by atoms with Crippen molar-refractivity contribution in [1.82, 2.24) is 5.32 Å². The lowest BCUT2D eigenvalue weighted by Crippen LogP contribution is -2.33. The molecule has 1 fully saturated rings. The van der Waals surface area contributed by atoms with Crippen LogP contribution in [0.1, 0.15) is 52.5 Å². The zero-order chi connectivity index (χ0) is 20.4. The maximum atomic E-state index is 12.8.